The number of anilines is 1. The molecule has 0 spiro atoms. The van der Waals surface area contributed by atoms with Crippen LogP contribution in [0.1, 0.15) is 12.0 Å². The number of thioether (sulfide) groups is 1. The van der Waals surface area contributed by atoms with Gasteiger partial charge in [0.15, 0.2) is 0 Å². The summed E-state index contributed by atoms with van der Waals surface area (Å²) in [6.07, 6.45) is 3.98. The van der Waals surface area contributed by atoms with Crippen LogP contribution in [0.4, 0.5) is 5.82 Å². The number of nitrogens with one attached hydrogen (secondary N) is 1. The van der Waals surface area contributed by atoms with Gasteiger partial charge in [-0.2, -0.15) is 0 Å². The maximum absolute atomic E-state index is 13.1. The second kappa shape index (κ2) is 9.97. The Morgan fingerprint density at radius 1 is 1.24 bits per heavy atom. The zero-order valence-corrected chi connectivity index (χ0v) is 17.8. The van der Waals surface area contributed by atoms with E-state index in [-0.39, 0.29) is 11.5 Å². The maximum atomic E-state index is 13.1. The molecule has 1 N–H and O–H groups in total. The summed E-state index contributed by atoms with van der Waals surface area (Å²) in [5.74, 6) is 0.194. The lowest BCUT2D eigenvalue weighted by Crippen LogP contribution is -2.31. The molecule has 10 heteroatoms. The highest BCUT2D eigenvalue weighted by molar-refractivity contribution is 8.26. The first-order chi connectivity index (χ1) is 14.1. The molecule has 2 aromatic heterocycles. The number of carbonyl (C=O) groups is 1. The molecule has 3 rings (SSSR count). The van der Waals surface area contributed by atoms with E-state index in [1.807, 2.05) is 6.07 Å². The normalized spacial score (nSPS) is 15.7. The minimum Gasteiger partial charge on any atom is -0.385 e. The van der Waals surface area contributed by atoms with Crippen LogP contribution in [0.15, 0.2) is 34.1 Å². The van der Waals surface area contributed by atoms with Gasteiger partial charge in [0.1, 0.15) is 15.8 Å². The van der Waals surface area contributed by atoms with Gasteiger partial charge in [-0.3, -0.25) is 18.9 Å². The number of hydrogen-bond donors (Lipinski definition) is 1. The number of methoxy groups -OCH3 is 2. The fourth-order valence-electron chi connectivity index (χ4n) is 2.80. The zero-order valence-electron chi connectivity index (χ0n) is 16.2. The second-order valence-corrected chi connectivity index (χ2v) is 7.88. The van der Waals surface area contributed by atoms with Crippen LogP contribution in [-0.4, -0.2) is 65.0 Å². The van der Waals surface area contributed by atoms with E-state index in [0.717, 1.165) is 6.42 Å². The van der Waals surface area contributed by atoms with Crippen molar-refractivity contribution in [2.45, 2.75) is 6.42 Å². The van der Waals surface area contributed by atoms with Crippen LogP contribution < -0.4 is 10.9 Å². The number of ether oxygens (including phenoxy) is 2. The predicted octanol–water partition coefficient (Wildman–Crippen LogP) is 1.99. The van der Waals surface area contributed by atoms with Gasteiger partial charge in [-0.25, -0.2) is 4.98 Å². The van der Waals surface area contributed by atoms with Crippen LogP contribution >= 0.6 is 24.0 Å². The molecule has 29 heavy (non-hydrogen) atoms. The van der Waals surface area contributed by atoms with E-state index < -0.39 is 0 Å². The van der Waals surface area contributed by atoms with Crippen LogP contribution in [0.2, 0.25) is 0 Å². The molecule has 0 radical (unpaired) electrons. The average Bonchev–Trinajstić information content (AvgIpc) is 2.99. The molecule has 3 heterocycles. The zero-order chi connectivity index (χ0) is 20.8. The maximum Gasteiger partial charge on any atom is 0.267 e. The largest absolute Gasteiger partial charge is 0.385 e. The van der Waals surface area contributed by atoms with Crippen LogP contribution in [0, 0.1) is 0 Å². The monoisotopic (exact) mass is 434 g/mol. The summed E-state index contributed by atoms with van der Waals surface area (Å²) in [4.78, 5) is 32.3. The molecule has 0 aliphatic carbocycles. The molecule has 1 fully saturated rings. The smallest absolute Gasteiger partial charge is 0.267 e. The van der Waals surface area contributed by atoms with Gasteiger partial charge in [0.05, 0.1) is 23.6 Å². The summed E-state index contributed by atoms with van der Waals surface area (Å²) < 4.78 is 12.0. The van der Waals surface area contributed by atoms with Crippen molar-refractivity contribution in [1.29, 1.82) is 0 Å². The Morgan fingerprint density at radius 3 is 2.79 bits per heavy atom. The lowest BCUT2D eigenvalue weighted by Gasteiger charge is -2.13. The number of pyridine rings is 1. The number of fused-ring (bicyclic) bond motifs is 1. The summed E-state index contributed by atoms with van der Waals surface area (Å²) in [5, 5.41) is 3.19. The Kier molecular flexibility index (Phi) is 7.37. The number of amides is 1. The van der Waals surface area contributed by atoms with Crippen molar-refractivity contribution in [3.63, 3.8) is 0 Å². The molecular formula is C19H22N4O4S2. The first-order valence-corrected chi connectivity index (χ1v) is 10.3. The number of hydrogen-bond acceptors (Lipinski definition) is 8. The number of carbonyl (C=O) groups excluding carboxylic acids is 1. The third kappa shape index (κ3) is 4.84. The number of nitrogens with zero attached hydrogens (tertiary/aromatic N) is 3. The van der Waals surface area contributed by atoms with Gasteiger partial charge in [-0.05, 0) is 24.6 Å². The number of rotatable bonds is 9. The van der Waals surface area contributed by atoms with Gasteiger partial charge < -0.3 is 14.8 Å². The first kappa shape index (κ1) is 21.4. The molecule has 8 nitrogen and oxygen atoms in total. The van der Waals surface area contributed by atoms with Crippen LogP contribution in [0.5, 0.6) is 0 Å². The summed E-state index contributed by atoms with van der Waals surface area (Å²) in [7, 11) is 3.20. The molecule has 0 bridgehead atoms. The third-order valence-corrected chi connectivity index (χ3v) is 5.63. The van der Waals surface area contributed by atoms with E-state index in [2.05, 4.69) is 10.3 Å². The predicted molar refractivity (Wildman–Crippen MR) is 118 cm³/mol. The SMILES string of the molecule is COCCCNc1nc2ccccn2c(=O)c1/C=C1/SC(=S)N(CCOC)C1=O. The molecule has 0 aromatic carbocycles. The first-order valence-electron chi connectivity index (χ1n) is 9.05. The molecule has 1 amide bonds. The molecule has 0 saturated carbocycles. The molecule has 154 valence electrons. The van der Waals surface area contributed by atoms with E-state index in [0.29, 0.717) is 52.6 Å². The van der Waals surface area contributed by atoms with Gasteiger partial charge in [0.2, 0.25) is 0 Å². The molecule has 0 atom stereocenters. The van der Waals surface area contributed by atoms with Gasteiger partial charge >= 0.3 is 0 Å². The van der Waals surface area contributed by atoms with E-state index in [1.165, 1.54) is 21.1 Å². The molecule has 2 aromatic rings. The highest BCUT2D eigenvalue weighted by atomic mass is 32.2. The Morgan fingerprint density at radius 2 is 2.03 bits per heavy atom. The molecule has 1 aliphatic heterocycles. The highest BCUT2D eigenvalue weighted by Gasteiger charge is 2.32. The summed E-state index contributed by atoms with van der Waals surface area (Å²) in [6.45, 7) is 1.92. The van der Waals surface area contributed by atoms with Crippen LogP contribution in [0.3, 0.4) is 0 Å². The van der Waals surface area contributed by atoms with Gasteiger partial charge in [-0.15, -0.1) is 0 Å². The van der Waals surface area contributed by atoms with Gasteiger partial charge in [-0.1, -0.05) is 30.0 Å². The van der Waals surface area contributed by atoms with Crippen LogP contribution in [-0.2, 0) is 14.3 Å². The Hall–Kier alpha value is -2.27. The second-order valence-electron chi connectivity index (χ2n) is 6.21. The van der Waals surface area contributed by atoms with Gasteiger partial charge in [0, 0.05) is 33.6 Å². The van der Waals surface area contributed by atoms with E-state index in [1.54, 1.807) is 38.6 Å². The van der Waals surface area contributed by atoms with Crippen molar-refractivity contribution < 1.29 is 14.3 Å². The molecule has 1 saturated heterocycles. The quantitative estimate of drug-likeness (QED) is 0.364. The minimum absolute atomic E-state index is 0.236. The molecule has 1 aliphatic rings. The summed E-state index contributed by atoms with van der Waals surface area (Å²) in [5.41, 5.74) is 0.585. The summed E-state index contributed by atoms with van der Waals surface area (Å²) >= 11 is 6.48. The number of aromatic nitrogens is 2. The molecular weight excluding hydrogens is 412 g/mol. The fraction of sp³-hybridized carbons (Fsp3) is 0.368. The topological polar surface area (TPSA) is 85.2 Å². The summed E-state index contributed by atoms with van der Waals surface area (Å²) in [6, 6.07) is 5.34. The minimum atomic E-state index is -0.257. The Balaban J connectivity index is 1.99. The van der Waals surface area contributed by atoms with Crippen molar-refractivity contribution in [1.82, 2.24) is 14.3 Å². The highest BCUT2D eigenvalue weighted by Crippen LogP contribution is 2.32. The van der Waals surface area contributed by atoms with Crippen molar-refractivity contribution >= 4 is 51.7 Å². The Labute approximate surface area is 177 Å². The third-order valence-electron chi connectivity index (χ3n) is 4.25. The molecule has 0 unspecified atom stereocenters. The average molecular weight is 435 g/mol. The number of thiocarbonyl (C=S) groups is 1. The lowest BCUT2D eigenvalue weighted by molar-refractivity contribution is -0.122. The van der Waals surface area contributed by atoms with Crippen molar-refractivity contribution in [3.8, 4) is 0 Å². The van der Waals surface area contributed by atoms with Crippen LogP contribution in [0.25, 0.3) is 11.7 Å². The Bertz CT molecular complexity index is 1010. The van der Waals surface area contributed by atoms with E-state index >= 15 is 0 Å². The van der Waals surface area contributed by atoms with Gasteiger partial charge in [0.25, 0.3) is 11.5 Å². The fourth-order valence-corrected chi connectivity index (χ4v) is 4.09. The van der Waals surface area contributed by atoms with Crippen molar-refractivity contribution in [3.05, 3.63) is 45.2 Å². The van der Waals surface area contributed by atoms with E-state index in [9.17, 15) is 9.59 Å². The van der Waals surface area contributed by atoms with Crippen molar-refractivity contribution in [2.24, 2.45) is 0 Å². The van der Waals surface area contributed by atoms with E-state index in [4.69, 9.17) is 21.7 Å². The lowest BCUT2D eigenvalue weighted by atomic mass is 10.2. The standard InChI is InChI=1S/C19H22N4O4S2/c1-26-10-5-7-20-16-13(17(24)22-8-4-3-6-15(22)21-16)12-14-18(25)23(9-11-27-2)19(28)29-14/h3-4,6,8,12,20H,5,7,9-11H2,1-2H3/b14-12+. The van der Waals surface area contributed by atoms with Crippen molar-refractivity contribution in [2.75, 3.05) is 45.8 Å².